The van der Waals surface area contributed by atoms with Crippen molar-refractivity contribution in [1.82, 2.24) is 10.6 Å². The van der Waals surface area contributed by atoms with Crippen molar-refractivity contribution in [2.45, 2.75) is 58.8 Å². The van der Waals surface area contributed by atoms with Crippen LogP contribution in [-0.2, 0) is 14.0 Å². The maximum absolute atomic E-state index is 11.5. The van der Waals surface area contributed by atoms with Gasteiger partial charge < -0.3 is 20.2 Å². The van der Waals surface area contributed by atoms with Gasteiger partial charge in [0.2, 0.25) is 0 Å². The standard InChI is InChI=1S/C12H17NO2Si.C9H9NO2.2CH4.2H2S/c1-16(2,3)15-11-10(13-12(11)14)9-7-5-4-6-8-9;11-8-7(10-9(8)12)6-4-2-1-3-5-6;;;;/h4-8,10-11H,1-3H3,(H,13,14);1-5,7-8,11H,(H,10,12);2*1H4;2*1H2/t10-,11+;7-,8+;;;;/m00..../s1. The highest BCUT2D eigenvalue weighted by molar-refractivity contribution is 7.59. The molecule has 0 radical (unpaired) electrons. The number of amides is 2. The van der Waals surface area contributed by atoms with E-state index < -0.39 is 14.4 Å². The monoisotopic (exact) mass is 498 g/mol. The molecule has 2 amide bonds. The summed E-state index contributed by atoms with van der Waals surface area (Å²) in [6.45, 7) is 6.29. The van der Waals surface area contributed by atoms with Gasteiger partial charge in [0.1, 0.15) is 6.10 Å². The lowest BCUT2D eigenvalue weighted by Crippen LogP contribution is -2.59. The number of aliphatic hydroxyl groups is 1. The number of β-lactam (4-membered cyclic amide) rings is 2. The highest BCUT2D eigenvalue weighted by atomic mass is 32.1. The quantitative estimate of drug-likeness (QED) is 0.442. The van der Waals surface area contributed by atoms with Crippen molar-refractivity contribution in [3.05, 3.63) is 71.8 Å². The van der Waals surface area contributed by atoms with Crippen LogP contribution in [0.5, 0.6) is 0 Å². The number of rotatable bonds is 4. The van der Waals surface area contributed by atoms with Gasteiger partial charge in [0.25, 0.3) is 11.8 Å². The molecule has 0 aromatic heterocycles. The minimum absolute atomic E-state index is 0. The maximum Gasteiger partial charge on any atom is 0.251 e. The van der Waals surface area contributed by atoms with E-state index >= 15 is 0 Å². The van der Waals surface area contributed by atoms with E-state index in [4.69, 9.17) is 4.43 Å². The molecule has 0 aliphatic carbocycles. The summed E-state index contributed by atoms with van der Waals surface area (Å²) in [5.41, 5.74) is 2.06. The Kier molecular flexibility index (Phi) is 13.9. The van der Waals surface area contributed by atoms with E-state index in [1.54, 1.807) is 0 Å². The lowest BCUT2D eigenvalue weighted by atomic mass is 9.94. The predicted octanol–water partition coefficient (Wildman–Crippen LogP) is 3.79. The highest BCUT2D eigenvalue weighted by Crippen LogP contribution is 2.29. The Bertz CT molecular complexity index is 835. The third-order valence-corrected chi connectivity index (χ3v) is 5.50. The second kappa shape index (κ2) is 13.7. The van der Waals surface area contributed by atoms with Crippen LogP contribution >= 0.6 is 27.0 Å². The number of hydrogen-bond acceptors (Lipinski definition) is 4. The van der Waals surface area contributed by atoms with Gasteiger partial charge in [-0.25, -0.2) is 0 Å². The van der Waals surface area contributed by atoms with Gasteiger partial charge in [-0.1, -0.05) is 75.5 Å². The van der Waals surface area contributed by atoms with E-state index in [2.05, 4.69) is 30.3 Å². The normalized spacial score (nSPS) is 22.8. The number of aliphatic hydroxyl groups excluding tert-OH is 1. The summed E-state index contributed by atoms with van der Waals surface area (Å²) < 4.78 is 5.88. The van der Waals surface area contributed by atoms with E-state index in [9.17, 15) is 14.7 Å². The second-order valence-electron chi connectivity index (χ2n) is 7.89. The van der Waals surface area contributed by atoms with Crippen molar-refractivity contribution in [2.75, 3.05) is 0 Å². The second-order valence-corrected chi connectivity index (χ2v) is 12.3. The summed E-state index contributed by atoms with van der Waals surface area (Å²) in [4.78, 5) is 22.1. The van der Waals surface area contributed by atoms with E-state index in [1.807, 2.05) is 60.7 Å². The van der Waals surface area contributed by atoms with E-state index in [-0.39, 0.29) is 71.8 Å². The van der Waals surface area contributed by atoms with Gasteiger partial charge in [-0.2, -0.15) is 27.0 Å². The number of carbonyl (C=O) groups excluding carboxylic acids is 2. The largest absolute Gasteiger partial charge is 0.404 e. The number of hydrogen-bond donors (Lipinski definition) is 3. The van der Waals surface area contributed by atoms with Gasteiger partial charge in [-0.3, -0.25) is 9.59 Å². The number of nitrogens with one attached hydrogen (secondary N) is 2. The van der Waals surface area contributed by atoms with Crippen LogP contribution in [0.1, 0.15) is 38.1 Å². The molecule has 6 nitrogen and oxygen atoms in total. The molecule has 4 rings (SSSR count). The fourth-order valence-electron chi connectivity index (χ4n) is 3.09. The molecule has 180 valence electrons. The first-order chi connectivity index (χ1) is 13.3. The minimum atomic E-state index is -1.67. The molecule has 0 saturated carbocycles. The van der Waals surface area contributed by atoms with Gasteiger partial charge in [0, 0.05) is 0 Å². The molecule has 0 unspecified atom stereocenters. The molecule has 4 atom stereocenters. The van der Waals surface area contributed by atoms with E-state index in [0.717, 1.165) is 11.1 Å². The Labute approximate surface area is 207 Å². The number of benzene rings is 2. The Morgan fingerprint density at radius 1 is 0.750 bits per heavy atom. The summed E-state index contributed by atoms with van der Waals surface area (Å²) in [7, 11) is -1.67. The number of carbonyl (C=O) groups is 2. The average Bonchev–Trinajstić information content (AvgIpc) is 2.69. The highest BCUT2D eigenvalue weighted by Gasteiger charge is 2.43. The van der Waals surface area contributed by atoms with Crippen LogP contribution in [0.25, 0.3) is 0 Å². The average molecular weight is 499 g/mol. The van der Waals surface area contributed by atoms with Crippen molar-refractivity contribution in [2.24, 2.45) is 0 Å². The first kappa shape index (κ1) is 32.4. The molecular formula is C23H38N2O4S2Si. The summed E-state index contributed by atoms with van der Waals surface area (Å²) in [6, 6.07) is 19.2. The van der Waals surface area contributed by atoms with E-state index in [1.165, 1.54) is 0 Å². The van der Waals surface area contributed by atoms with Crippen molar-refractivity contribution in [1.29, 1.82) is 0 Å². The molecule has 2 aromatic carbocycles. The van der Waals surface area contributed by atoms with Gasteiger partial charge in [-0.05, 0) is 30.8 Å². The van der Waals surface area contributed by atoms with Crippen molar-refractivity contribution in [3.63, 3.8) is 0 Å². The van der Waals surface area contributed by atoms with E-state index in [0.29, 0.717) is 0 Å². The molecule has 2 heterocycles. The molecular weight excluding hydrogens is 460 g/mol. The van der Waals surface area contributed by atoms with Crippen LogP contribution in [0.2, 0.25) is 19.6 Å². The fourth-order valence-corrected chi connectivity index (χ4v) is 4.09. The summed E-state index contributed by atoms with van der Waals surface area (Å²) in [5.74, 6) is -0.278. The van der Waals surface area contributed by atoms with Crippen LogP contribution in [-0.4, -0.2) is 37.4 Å². The molecule has 3 N–H and O–H groups in total. The molecule has 2 aliphatic heterocycles. The van der Waals surface area contributed by atoms with Crippen LogP contribution in [0.4, 0.5) is 0 Å². The zero-order valence-electron chi connectivity index (χ0n) is 17.3. The maximum atomic E-state index is 11.5. The lowest BCUT2D eigenvalue weighted by Gasteiger charge is -2.40. The third-order valence-electron chi connectivity index (χ3n) is 4.54. The molecule has 9 heteroatoms. The first-order valence-electron chi connectivity index (χ1n) is 9.33. The zero-order chi connectivity index (χ0) is 20.3. The summed E-state index contributed by atoms with van der Waals surface area (Å²) >= 11 is 0. The molecule has 32 heavy (non-hydrogen) atoms. The Morgan fingerprint density at radius 3 is 1.50 bits per heavy atom. The summed E-state index contributed by atoms with van der Waals surface area (Å²) in [6.07, 6.45) is -1.17. The zero-order valence-corrected chi connectivity index (χ0v) is 20.3. The first-order valence-corrected chi connectivity index (χ1v) is 12.7. The Morgan fingerprint density at radius 2 is 1.16 bits per heavy atom. The molecule has 2 aliphatic rings. The fraction of sp³-hybridized carbons (Fsp3) is 0.391. The van der Waals surface area contributed by atoms with Gasteiger partial charge in [0.15, 0.2) is 14.4 Å². The van der Waals surface area contributed by atoms with Crippen LogP contribution in [0.3, 0.4) is 0 Å². The van der Waals surface area contributed by atoms with Crippen LogP contribution in [0, 0.1) is 0 Å². The van der Waals surface area contributed by atoms with Crippen molar-refractivity contribution < 1.29 is 19.1 Å². The Balaban J connectivity index is 0. The van der Waals surface area contributed by atoms with Gasteiger partial charge >= 0.3 is 0 Å². The lowest BCUT2D eigenvalue weighted by molar-refractivity contribution is -0.142. The molecule has 0 spiro atoms. The van der Waals surface area contributed by atoms with Gasteiger partial charge in [0.05, 0.1) is 12.1 Å². The van der Waals surface area contributed by atoms with Crippen LogP contribution in [0.15, 0.2) is 60.7 Å². The van der Waals surface area contributed by atoms with Crippen molar-refractivity contribution in [3.8, 4) is 0 Å². The SMILES string of the molecule is C.C.C[Si](C)(C)O[C@H]1C(=O)N[C@H]1c1ccccc1.O=C1N[C@@H](c2ccccc2)[C@H]1O.S.S. The van der Waals surface area contributed by atoms with Crippen molar-refractivity contribution >= 4 is 47.1 Å². The smallest absolute Gasteiger partial charge is 0.251 e. The topological polar surface area (TPSA) is 87.7 Å². The Hall–Kier alpha value is -1.78. The summed E-state index contributed by atoms with van der Waals surface area (Å²) in [5, 5.41) is 14.7. The molecule has 2 saturated heterocycles. The third kappa shape index (κ3) is 7.97. The van der Waals surface area contributed by atoms with Crippen LogP contribution < -0.4 is 10.6 Å². The molecule has 0 bridgehead atoms. The predicted molar refractivity (Wildman–Crippen MR) is 143 cm³/mol. The molecule has 2 aromatic rings. The van der Waals surface area contributed by atoms with Gasteiger partial charge in [-0.15, -0.1) is 0 Å². The minimum Gasteiger partial charge on any atom is -0.404 e. The molecule has 2 fully saturated rings.